The number of hydrogen-bond donors (Lipinski definition) is 2. The second-order valence-electron chi connectivity index (χ2n) is 5.70. The van der Waals surface area contributed by atoms with Crippen molar-refractivity contribution in [3.8, 4) is 11.5 Å². The maximum absolute atomic E-state index is 6.05. The molecule has 6 nitrogen and oxygen atoms in total. The molecule has 0 bridgehead atoms. The summed E-state index contributed by atoms with van der Waals surface area (Å²) in [5, 5.41) is 3.11. The quantitative estimate of drug-likeness (QED) is 0.621. The minimum absolute atomic E-state index is 0.401. The van der Waals surface area contributed by atoms with Crippen molar-refractivity contribution >= 4 is 11.6 Å². The fourth-order valence-electron chi connectivity index (χ4n) is 2.98. The van der Waals surface area contributed by atoms with Crippen molar-refractivity contribution in [1.29, 1.82) is 0 Å². The molecule has 1 atom stereocenters. The van der Waals surface area contributed by atoms with Gasteiger partial charge in [-0.3, -0.25) is 9.89 Å². The monoisotopic (exact) mass is 320 g/mol. The molecule has 6 heteroatoms. The number of nitrogens with one attached hydrogen (secondary N) is 1. The lowest BCUT2D eigenvalue weighted by atomic mass is 10.0. The zero-order chi connectivity index (χ0) is 16.7. The predicted octanol–water partition coefficient (Wildman–Crippen LogP) is 2.30. The lowest BCUT2D eigenvalue weighted by Crippen LogP contribution is -2.41. The van der Waals surface area contributed by atoms with Crippen molar-refractivity contribution in [3.05, 3.63) is 18.2 Å². The minimum atomic E-state index is 0.401. The van der Waals surface area contributed by atoms with Gasteiger partial charge in [0.1, 0.15) is 11.5 Å². The first kappa shape index (κ1) is 17.4. The number of aliphatic imine (C=N–C) groups is 1. The molecule has 0 aromatic heterocycles. The molecule has 1 aliphatic rings. The molecule has 3 N–H and O–H groups in total. The van der Waals surface area contributed by atoms with Crippen LogP contribution in [0, 0.1) is 0 Å². The Labute approximate surface area is 138 Å². The van der Waals surface area contributed by atoms with Crippen molar-refractivity contribution in [2.45, 2.75) is 32.2 Å². The molecule has 1 fully saturated rings. The first-order chi connectivity index (χ1) is 11.2. The van der Waals surface area contributed by atoms with E-state index in [1.54, 1.807) is 14.2 Å². The van der Waals surface area contributed by atoms with Crippen LogP contribution in [0.4, 0.5) is 5.69 Å². The molecule has 0 amide bonds. The molecule has 1 aromatic rings. The summed E-state index contributed by atoms with van der Waals surface area (Å²) in [6.07, 6.45) is 3.74. The van der Waals surface area contributed by atoms with Crippen LogP contribution < -0.4 is 20.5 Å². The summed E-state index contributed by atoms with van der Waals surface area (Å²) in [6.45, 7) is 5.15. The van der Waals surface area contributed by atoms with Crippen LogP contribution in [-0.2, 0) is 0 Å². The maximum Gasteiger partial charge on any atom is 0.193 e. The standard InChI is InChI=1S/C17H28N4O2/c1-4-21-10-6-5-7-13(21)12-19-17(18)20-15-11-14(22-2)8-9-16(15)23-3/h8-9,11,13H,4-7,10,12H2,1-3H3,(H3,18,19,20). The summed E-state index contributed by atoms with van der Waals surface area (Å²) >= 11 is 0. The van der Waals surface area contributed by atoms with E-state index in [-0.39, 0.29) is 0 Å². The van der Waals surface area contributed by atoms with Gasteiger partial charge in [-0.15, -0.1) is 0 Å². The highest BCUT2D eigenvalue weighted by Gasteiger charge is 2.20. The topological polar surface area (TPSA) is 72.1 Å². The number of benzene rings is 1. The number of piperidine rings is 1. The van der Waals surface area contributed by atoms with Crippen molar-refractivity contribution in [1.82, 2.24) is 4.90 Å². The summed E-state index contributed by atoms with van der Waals surface area (Å²) in [6, 6.07) is 6.02. The van der Waals surface area contributed by atoms with Gasteiger partial charge in [0, 0.05) is 12.1 Å². The van der Waals surface area contributed by atoms with Crippen LogP contribution in [0.1, 0.15) is 26.2 Å². The number of nitrogens with zero attached hydrogens (tertiary/aromatic N) is 2. The van der Waals surface area contributed by atoms with Gasteiger partial charge in [-0.25, -0.2) is 0 Å². The Kier molecular flexibility index (Phi) is 6.52. The van der Waals surface area contributed by atoms with Gasteiger partial charge < -0.3 is 20.5 Å². The van der Waals surface area contributed by atoms with E-state index in [2.05, 4.69) is 22.1 Å². The number of ether oxygens (including phenoxy) is 2. The van der Waals surface area contributed by atoms with Crippen LogP contribution >= 0.6 is 0 Å². The Morgan fingerprint density at radius 2 is 2.17 bits per heavy atom. The Hall–Kier alpha value is -1.95. The second kappa shape index (κ2) is 8.62. The van der Waals surface area contributed by atoms with Crippen molar-refractivity contribution in [2.24, 2.45) is 10.7 Å². The summed E-state index contributed by atoms with van der Waals surface area (Å²) in [4.78, 5) is 7.00. The highest BCUT2D eigenvalue weighted by atomic mass is 16.5. The average Bonchev–Trinajstić information content (AvgIpc) is 2.60. The second-order valence-corrected chi connectivity index (χ2v) is 5.70. The normalized spacial score (nSPS) is 19.4. The van der Waals surface area contributed by atoms with Crippen molar-refractivity contribution in [2.75, 3.05) is 39.2 Å². The SMILES string of the molecule is CCN1CCCCC1CN=C(N)Nc1cc(OC)ccc1OC. The van der Waals surface area contributed by atoms with E-state index in [9.17, 15) is 0 Å². The Morgan fingerprint density at radius 3 is 2.87 bits per heavy atom. The van der Waals surface area contributed by atoms with Crippen LogP contribution in [0.5, 0.6) is 11.5 Å². The van der Waals surface area contributed by atoms with Crippen LogP contribution in [0.3, 0.4) is 0 Å². The first-order valence-corrected chi connectivity index (χ1v) is 8.21. The molecule has 0 radical (unpaired) electrons. The Morgan fingerprint density at radius 1 is 1.35 bits per heavy atom. The summed E-state index contributed by atoms with van der Waals surface area (Å²) in [7, 11) is 3.26. The highest BCUT2D eigenvalue weighted by molar-refractivity contribution is 5.94. The molecule has 128 valence electrons. The zero-order valence-corrected chi connectivity index (χ0v) is 14.3. The fourth-order valence-corrected chi connectivity index (χ4v) is 2.98. The third-order valence-electron chi connectivity index (χ3n) is 4.30. The lowest BCUT2D eigenvalue weighted by Gasteiger charge is -2.33. The fraction of sp³-hybridized carbons (Fsp3) is 0.588. The van der Waals surface area contributed by atoms with Gasteiger partial charge in [-0.2, -0.15) is 0 Å². The van der Waals surface area contributed by atoms with Gasteiger partial charge in [-0.05, 0) is 38.1 Å². The highest BCUT2D eigenvalue weighted by Crippen LogP contribution is 2.28. The minimum Gasteiger partial charge on any atom is -0.497 e. The molecule has 0 saturated carbocycles. The van der Waals surface area contributed by atoms with E-state index in [1.165, 1.54) is 19.3 Å². The lowest BCUT2D eigenvalue weighted by molar-refractivity contribution is 0.161. The molecule has 1 aliphatic heterocycles. The van der Waals surface area contributed by atoms with Crippen molar-refractivity contribution in [3.63, 3.8) is 0 Å². The van der Waals surface area contributed by atoms with E-state index < -0.39 is 0 Å². The van der Waals surface area contributed by atoms with Gasteiger partial charge in [0.2, 0.25) is 0 Å². The smallest absolute Gasteiger partial charge is 0.193 e. The molecule has 1 heterocycles. The average molecular weight is 320 g/mol. The number of nitrogens with two attached hydrogens (primary N) is 1. The number of hydrogen-bond acceptors (Lipinski definition) is 4. The number of methoxy groups -OCH3 is 2. The van der Waals surface area contributed by atoms with Crippen LogP contribution in [0.2, 0.25) is 0 Å². The summed E-state index contributed by atoms with van der Waals surface area (Å²) < 4.78 is 10.6. The molecule has 1 saturated heterocycles. The van der Waals surface area contributed by atoms with Gasteiger partial charge in [0.25, 0.3) is 0 Å². The first-order valence-electron chi connectivity index (χ1n) is 8.21. The molecule has 1 unspecified atom stereocenters. The zero-order valence-electron chi connectivity index (χ0n) is 14.3. The van der Waals surface area contributed by atoms with E-state index in [0.29, 0.717) is 17.8 Å². The molecule has 0 aliphatic carbocycles. The number of likely N-dealkylation sites (N-methyl/N-ethyl adjacent to an activating group) is 1. The summed E-state index contributed by atoms with van der Waals surface area (Å²) in [5.74, 6) is 1.85. The van der Waals surface area contributed by atoms with Gasteiger partial charge >= 0.3 is 0 Å². The third kappa shape index (κ3) is 4.76. The molecular weight excluding hydrogens is 292 g/mol. The third-order valence-corrected chi connectivity index (χ3v) is 4.30. The molecular formula is C17H28N4O2. The van der Waals surface area contributed by atoms with E-state index in [1.807, 2.05) is 18.2 Å². The number of rotatable bonds is 6. The van der Waals surface area contributed by atoms with Gasteiger partial charge in [0.05, 0.1) is 26.5 Å². The molecule has 1 aromatic carbocycles. The molecule has 0 spiro atoms. The van der Waals surface area contributed by atoms with Gasteiger partial charge in [-0.1, -0.05) is 13.3 Å². The number of likely N-dealkylation sites (tertiary alicyclic amines) is 1. The Bertz CT molecular complexity index is 533. The Balaban J connectivity index is 2.01. The number of guanidine groups is 1. The predicted molar refractivity (Wildman–Crippen MR) is 94.5 cm³/mol. The largest absolute Gasteiger partial charge is 0.497 e. The molecule has 23 heavy (non-hydrogen) atoms. The number of anilines is 1. The van der Waals surface area contributed by atoms with E-state index in [0.717, 1.165) is 31.1 Å². The maximum atomic E-state index is 6.05. The summed E-state index contributed by atoms with van der Waals surface area (Å²) in [5.41, 5.74) is 6.80. The van der Waals surface area contributed by atoms with Crippen LogP contribution in [-0.4, -0.2) is 50.8 Å². The van der Waals surface area contributed by atoms with Crippen LogP contribution in [0.25, 0.3) is 0 Å². The van der Waals surface area contributed by atoms with Crippen molar-refractivity contribution < 1.29 is 9.47 Å². The van der Waals surface area contributed by atoms with Gasteiger partial charge in [0.15, 0.2) is 5.96 Å². The molecule has 2 rings (SSSR count). The van der Waals surface area contributed by atoms with E-state index in [4.69, 9.17) is 15.2 Å². The van der Waals surface area contributed by atoms with Crippen LogP contribution in [0.15, 0.2) is 23.2 Å². The van der Waals surface area contributed by atoms with E-state index >= 15 is 0 Å².